The molecule has 3 aromatic rings. The standard InChI is InChI=1S/C23H23F3N4O7S2/c1-22(2,38(3,32)33)21-29-28-19(36-21)14-6-9-18-17(10-14)30(20(31)16(27)12-39(18,34)35)11-13-4-7-15(8-5-13)37-23(24,25)26/h4-10,16H,11-12,27H2,1-3H3/t16-/m0/s1. The van der Waals surface area contributed by atoms with Crippen LogP contribution in [-0.4, -0.2) is 57.4 Å². The first kappa shape index (κ1) is 28.5. The molecule has 1 aromatic heterocycles. The van der Waals surface area contributed by atoms with E-state index in [9.17, 15) is 34.8 Å². The fourth-order valence-electron chi connectivity index (χ4n) is 3.72. The number of nitrogens with two attached hydrogens (primary N) is 1. The first-order chi connectivity index (χ1) is 17.9. The molecule has 1 atom stereocenters. The lowest BCUT2D eigenvalue weighted by Crippen LogP contribution is -2.45. The van der Waals surface area contributed by atoms with E-state index in [1.54, 1.807) is 0 Å². The van der Waals surface area contributed by atoms with Crippen molar-refractivity contribution >= 4 is 31.3 Å². The minimum absolute atomic E-state index is 0.0665. The lowest BCUT2D eigenvalue weighted by molar-refractivity contribution is -0.274. The number of hydrogen-bond donors (Lipinski definition) is 1. The van der Waals surface area contributed by atoms with Crippen LogP contribution in [0.2, 0.25) is 0 Å². The molecule has 1 aliphatic heterocycles. The van der Waals surface area contributed by atoms with E-state index in [0.717, 1.165) is 23.3 Å². The van der Waals surface area contributed by atoms with Crippen molar-refractivity contribution < 1.29 is 44.0 Å². The molecule has 1 amide bonds. The first-order valence-corrected chi connectivity index (χ1v) is 14.8. The van der Waals surface area contributed by atoms with Gasteiger partial charge in [0.1, 0.15) is 10.5 Å². The van der Waals surface area contributed by atoms with E-state index >= 15 is 0 Å². The van der Waals surface area contributed by atoms with Crippen molar-refractivity contribution in [3.05, 3.63) is 53.9 Å². The second kappa shape index (κ2) is 9.60. The van der Waals surface area contributed by atoms with Crippen LogP contribution in [0.4, 0.5) is 18.9 Å². The second-order valence-electron chi connectivity index (χ2n) is 9.38. The van der Waals surface area contributed by atoms with Crippen LogP contribution >= 0.6 is 0 Å². The Morgan fingerprint density at radius 1 is 1.13 bits per heavy atom. The van der Waals surface area contributed by atoms with Gasteiger partial charge in [-0.15, -0.1) is 23.4 Å². The van der Waals surface area contributed by atoms with Crippen LogP contribution in [0.3, 0.4) is 0 Å². The number of hydrogen-bond acceptors (Lipinski definition) is 10. The third-order valence-corrected chi connectivity index (χ3v) is 10.0. The number of anilines is 1. The molecule has 2 N–H and O–H groups in total. The Hall–Kier alpha value is -3.50. The number of nitrogens with zero attached hydrogens (tertiary/aromatic N) is 3. The van der Waals surface area contributed by atoms with E-state index in [-0.39, 0.29) is 34.5 Å². The van der Waals surface area contributed by atoms with E-state index in [0.29, 0.717) is 5.56 Å². The Morgan fingerprint density at radius 2 is 1.77 bits per heavy atom. The molecule has 2 heterocycles. The molecule has 0 spiro atoms. The molecule has 4 rings (SSSR count). The molecule has 0 radical (unpaired) electrons. The Kier molecular flexibility index (Phi) is 7.02. The molecule has 16 heteroatoms. The minimum Gasteiger partial charge on any atom is -0.419 e. The maximum absolute atomic E-state index is 13.2. The van der Waals surface area contributed by atoms with Gasteiger partial charge in [0, 0.05) is 11.8 Å². The number of carbonyl (C=O) groups is 1. The molecule has 0 aliphatic carbocycles. The van der Waals surface area contributed by atoms with Gasteiger partial charge in [-0.05, 0) is 49.7 Å². The van der Waals surface area contributed by atoms with Gasteiger partial charge >= 0.3 is 6.36 Å². The Balaban J connectivity index is 1.77. The highest BCUT2D eigenvalue weighted by Crippen LogP contribution is 2.36. The molecule has 39 heavy (non-hydrogen) atoms. The molecule has 0 unspecified atom stereocenters. The summed E-state index contributed by atoms with van der Waals surface area (Å²) >= 11 is 0. The van der Waals surface area contributed by atoms with Gasteiger partial charge in [-0.1, -0.05) is 12.1 Å². The van der Waals surface area contributed by atoms with Crippen LogP contribution in [0, 0.1) is 0 Å². The van der Waals surface area contributed by atoms with Crippen molar-refractivity contribution in [1.29, 1.82) is 0 Å². The zero-order valence-corrected chi connectivity index (χ0v) is 22.4. The lowest BCUT2D eigenvalue weighted by Gasteiger charge is -2.24. The number of amides is 1. The van der Waals surface area contributed by atoms with Gasteiger partial charge in [0.15, 0.2) is 19.7 Å². The van der Waals surface area contributed by atoms with Crippen LogP contribution in [-0.2, 0) is 35.8 Å². The summed E-state index contributed by atoms with van der Waals surface area (Å²) in [5.74, 6) is -2.20. The van der Waals surface area contributed by atoms with Crippen LogP contribution in [0.5, 0.6) is 5.75 Å². The molecule has 0 fully saturated rings. The van der Waals surface area contributed by atoms with Gasteiger partial charge in [-0.2, -0.15) is 0 Å². The largest absolute Gasteiger partial charge is 0.573 e. The number of alkyl halides is 3. The Labute approximate surface area is 221 Å². The molecule has 0 saturated carbocycles. The summed E-state index contributed by atoms with van der Waals surface area (Å²) in [5.41, 5.74) is 6.38. The average Bonchev–Trinajstić information content (AvgIpc) is 3.30. The molecular weight excluding hydrogens is 565 g/mol. The average molecular weight is 589 g/mol. The Bertz CT molecular complexity index is 1630. The van der Waals surface area contributed by atoms with Crippen LogP contribution in [0.25, 0.3) is 11.5 Å². The topological polar surface area (TPSA) is 163 Å². The zero-order valence-electron chi connectivity index (χ0n) is 20.8. The van der Waals surface area contributed by atoms with E-state index in [4.69, 9.17) is 10.2 Å². The predicted octanol–water partition coefficient (Wildman–Crippen LogP) is 2.56. The summed E-state index contributed by atoms with van der Waals surface area (Å²) in [6.07, 6.45) is -3.87. The third-order valence-electron chi connectivity index (χ3n) is 6.18. The summed E-state index contributed by atoms with van der Waals surface area (Å²) in [6.45, 7) is 2.53. The number of ether oxygens (including phenoxy) is 1. The number of carbonyl (C=O) groups excluding carboxylic acids is 1. The number of sulfone groups is 2. The van der Waals surface area contributed by atoms with Crippen LogP contribution in [0.15, 0.2) is 51.8 Å². The minimum atomic E-state index is -4.89. The SMILES string of the molecule is CC(C)(c1nnc(-c2ccc3c(c2)N(Cc2ccc(OC(F)(F)F)cc2)C(=O)[C@@H](N)CS3(=O)=O)o1)S(C)(=O)=O. The predicted molar refractivity (Wildman–Crippen MR) is 132 cm³/mol. The van der Waals surface area contributed by atoms with E-state index in [1.165, 1.54) is 44.2 Å². The molecule has 1 aliphatic rings. The van der Waals surface area contributed by atoms with Crippen molar-refractivity contribution in [2.75, 3.05) is 16.9 Å². The highest BCUT2D eigenvalue weighted by Gasteiger charge is 2.39. The summed E-state index contributed by atoms with van der Waals surface area (Å²) in [6, 6.07) is 7.21. The molecule has 11 nitrogen and oxygen atoms in total. The van der Waals surface area contributed by atoms with Crippen molar-refractivity contribution in [3.8, 4) is 17.2 Å². The maximum Gasteiger partial charge on any atom is 0.573 e. The quantitative estimate of drug-likeness (QED) is 0.453. The molecule has 0 saturated heterocycles. The second-order valence-corrected chi connectivity index (χ2v) is 13.9. The molecule has 210 valence electrons. The monoisotopic (exact) mass is 588 g/mol. The maximum atomic E-state index is 13.2. The first-order valence-electron chi connectivity index (χ1n) is 11.2. The van der Waals surface area contributed by atoms with Gasteiger partial charge in [-0.25, -0.2) is 16.8 Å². The van der Waals surface area contributed by atoms with E-state index in [2.05, 4.69) is 14.9 Å². The summed E-state index contributed by atoms with van der Waals surface area (Å²) in [4.78, 5) is 14.1. The highest BCUT2D eigenvalue weighted by molar-refractivity contribution is 7.92. The number of aromatic nitrogens is 2. The van der Waals surface area contributed by atoms with Crippen molar-refractivity contribution in [2.24, 2.45) is 5.73 Å². The van der Waals surface area contributed by atoms with Gasteiger partial charge in [0.25, 0.3) is 0 Å². The lowest BCUT2D eigenvalue weighted by atomic mass is 10.1. The summed E-state index contributed by atoms with van der Waals surface area (Å²) < 4.78 is 95.8. The van der Waals surface area contributed by atoms with Crippen molar-refractivity contribution in [1.82, 2.24) is 10.2 Å². The number of halogens is 3. The third kappa shape index (κ3) is 5.77. The number of benzene rings is 2. The summed E-state index contributed by atoms with van der Waals surface area (Å²) in [7, 11) is -7.67. The smallest absolute Gasteiger partial charge is 0.419 e. The van der Waals surface area contributed by atoms with Gasteiger partial charge in [0.2, 0.25) is 17.7 Å². The van der Waals surface area contributed by atoms with E-state index < -0.39 is 54.2 Å². The van der Waals surface area contributed by atoms with Crippen molar-refractivity contribution in [3.63, 3.8) is 0 Å². The highest BCUT2D eigenvalue weighted by atomic mass is 32.2. The van der Waals surface area contributed by atoms with Gasteiger partial charge in [-0.3, -0.25) is 4.79 Å². The molecule has 0 bridgehead atoms. The zero-order chi connectivity index (χ0) is 29.0. The normalized spacial score (nSPS) is 18.0. The molecular formula is C23H23F3N4O7S2. The summed E-state index contributed by atoms with van der Waals surface area (Å²) in [5, 5.41) is 7.72. The fraction of sp³-hybridized carbons (Fsp3) is 0.348. The van der Waals surface area contributed by atoms with Gasteiger partial charge in [0.05, 0.1) is 28.9 Å². The van der Waals surface area contributed by atoms with E-state index in [1.807, 2.05) is 0 Å². The molecule has 2 aromatic carbocycles. The van der Waals surface area contributed by atoms with Crippen LogP contribution < -0.4 is 15.4 Å². The van der Waals surface area contributed by atoms with Crippen molar-refractivity contribution in [2.45, 2.75) is 42.4 Å². The van der Waals surface area contributed by atoms with Gasteiger partial charge < -0.3 is 19.8 Å². The number of rotatable bonds is 6. The number of fused-ring (bicyclic) bond motifs is 1. The Morgan fingerprint density at radius 3 is 2.36 bits per heavy atom. The van der Waals surface area contributed by atoms with Crippen LogP contribution in [0.1, 0.15) is 25.3 Å². The fourth-order valence-corrected chi connectivity index (χ4v) is 5.68.